The number of aromatic nitrogens is 1. The average molecular weight is 160 g/mol. The highest BCUT2D eigenvalue weighted by molar-refractivity contribution is 5.81. The van der Waals surface area contributed by atoms with Crippen LogP contribution in [0.15, 0.2) is 30.3 Å². The molecule has 0 aliphatic heterocycles. The van der Waals surface area contributed by atoms with Gasteiger partial charge in [0.1, 0.15) is 0 Å². The molecule has 1 aromatic carbocycles. The van der Waals surface area contributed by atoms with Crippen molar-refractivity contribution < 1.29 is 0 Å². The van der Waals surface area contributed by atoms with Crippen molar-refractivity contribution in [3.05, 3.63) is 36.0 Å². The molecular formula is C10H12N2. The maximum absolute atomic E-state index is 3.13. The summed E-state index contributed by atoms with van der Waals surface area (Å²) in [6.07, 6.45) is 0. The molecule has 0 fully saturated rings. The Hall–Kier alpha value is -1.44. The van der Waals surface area contributed by atoms with E-state index in [0.29, 0.717) is 0 Å². The van der Waals surface area contributed by atoms with Crippen LogP contribution in [-0.2, 0) is 0 Å². The molecule has 2 nitrogen and oxygen atoms in total. The lowest BCUT2D eigenvalue weighted by molar-refractivity contribution is 0.928. The SMILES string of the molecule is CNn1c(C)cc2ccccc21. The summed E-state index contributed by atoms with van der Waals surface area (Å²) in [6, 6.07) is 10.5. The van der Waals surface area contributed by atoms with Gasteiger partial charge in [0.2, 0.25) is 0 Å². The lowest BCUT2D eigenvalue weighted by Crippen LogP contribution is -2.09. The molecule has 0 saturated carbocycles. The van der Waals surface area contributed by atoms with Crippen molar-refractivity contribution in [3.63, 3.8) is 0 Å². The first kappa shape index (κ1) is 7.22. The Kier molecular flexibility index (Phi) is 1.54. The van der Waals surface area contributed by atoms with E-state index >= 15 is 0 Å². The second kappa shape index (κ2) is 2.55. The molecule has 2 aromatic rings. The normalized spacial score (nSPS) is 10.5. The van der Waals surface area contributed by atoms with Crippen LogP contribution in [0.3, 0.4) is 0 Å². The summed E-state index contributed by atoms with van der Waals surface area (Å²) in [5.74, 6) is 0. The van der Waals surface area contributed by atoms with Crippen molar-refractivity contribution in [2.45, 2.75) is 6.92 Å². The number of hydrogen-bond acceptors (Lipinski definition) is 1. The fraction of sp³-hybridized carbons (Fsp3) is 0.200. The van der Waals surface area contributed by atoms with Gasteiger partial charge in [-0.05, 0) is 19.1 Å². The zero-order valence-electron chi connectivity index (χ0n) is 7.33. The van der Waals surface area contributed by atoms with E-state index in [4.69, 9.17) is 0 Å². The minimum atomic E-state index is 1.23. The number of rotatable bonds is 1. The van der Waals surface area contributed by atoms with Gasteiger partial charge in [0.15, 0.2) is 0 Å². The van der Waals surface area contributed by atoms with Crippen molar-refractivity contribution in [2.24, 2.45) is 0 Å². The molecule has 0 aliphatic rings. The van der Waals surface area contributed by atoms with Crippen LogP contribution >= 0.6 is 0 Å². The third-order valence-electron chi connectivity index (χ3n) is 2.12. The first-order valence-corrected chi connectivity index (χ1v) is 4.08. The topological polar surface area (TPSA) is 17.0 Å². The maximum Gasteiger partial charge on any atom is 0.0695 e. The van der Waals surface area contributed by atoms with Gasteiger partial charge in [-0.2, -0.15) is 0 Å². The third kappa shape index (κ3) is 0.881. The summed E-state index contributed by atoms with van der Waals surface area (Å²) in [6.45, 7) is 2.09. The van der Waals surface area contributed by atoms with Crippen molar-refractivity contribution in [1.82, 2.24) is 4.68 Å². The molecule has 12 heavy (non-hydrogen) atoms. The molecule has 0 aliphatic carbocycles. The summed E-state index contributed by atoms with van der Waals surface area (Å²) in [7, 11) is 1.93. The van der Waals surface area contributed by atoms with Crippen LogP contribution < -0.4 is 5.43 Å². The Morgan fingerprint density at radius 2 is 2.00 bits per heavy atom. The van der Waals surface area contributed by atoms with E-state index < -0.39 is 0 Å². The summed E-state index contributed by atoms with van der Waals surface area (Å²) in [5.41, 5.74) is 5.60. The van der Waals surface area contributed by atoms with Crippen molar-refractivity contribution in [2.75, 3.05) is 12.5 Å². The van der Waals surface area contributed by atoms with Crippen LogP contribution in [0.5, 0.6) is 0 Å². The van der Waals surface area contributed by atoms with Crippen LogP contribution in [0, 0.1) is 6.92 Å². The Balaban J connectivity index is 2.81. The Morgan fingerprint density at radius 1 is 1.25 bits per heavy atom. The second-order valence-electron chi connectivity index (χ2n) is 2.90. The highest BCUT2D eigenvalue weighted by atomic mass is 15.4. The highest BCUT2D eigenvalue weighted by Gasteiger charge is 2.01. The number of benzene rings is 1. The van der Waals surface area contributed by atoms with Gasteiger partial charge in [0.25, 0.3) is 0 Å². The zero-order valence-corrected chi connectivity index (χ0v) is 7.33. The van der Waals surface area contributed by atoms with Crippen molar-refractivity contribution in [3.8, 4) is 0 Å². The molecule has 2 rings (SSSR count). The number of nitrogens with one attached hydrogen (secondary N) is 1. The number of fused-ring (bicyclic) bond motifs is 1. The van der Waals surface area contributed by atoms with Crippen LogP contribution in [0.2, 0.25) is 0 Å². The molecule has 0 bridgehead atoms. The lowest BCUT2D eigenvalue weighted by Gasteiger charge is -2.05. The van der Waals surface area contributed by atoms with Gasteiger partial charge in [-0.15, -0.1) is 0 Å². The Morgan fingerprint density at radius 3 is 2.75 bits per heavy atom. The van der Waals surface area contributed by atoms with Gasteiger partial charge in [0.05, 0.1) is 5.52 Å². The summed E-state index contributed by atoms with van der Waals surface area (Å²) >= 11 is 0. The first-order valence-electron chi connectivity index (χ1n) is 4.08. The fourth-order valence-corrected chi connectivity index (χ4v) is 1.59. The van der Waals surface area contributed by atoms with Crippen molar-refractivity contribution in [1.29, 1.82) is 0 Å². The molecule has 62 valence electrons. The summed E-state index contributed by atoms with van der Waals surface area (Å²) < 4.78 is 2.08. The molecule has 0 radical (unpaired) electrons. The second-order valence-corrected chi connectivity index (χ2v) is 2.90. The quantitative estimate of drug-likeness (QED) is 0.676. The average Bonchev–Trinajstić information content (AvgIpc) is 2.40. The maximum atomic E-state index is 3.13. The van der Waals surface area contributed by atoms with Gasteiger partial charge in [0, 0.05) is 18.1 Å². The van der Waals surface area contributed by atoms with E-state index in [1.165, 1.54) is 16.6 Å². The smallest absolute Gasteiger partial charge is 0.0695 e. The predicted octanol–water partition coefficient (Wildman–Crippen LogP) is 2.12. The molecule has 1 aromatic heterocycles. The molecule has 1 N–H and O–H groups in total. The highest BCUT2D eigenvalue weighted by Crippen LogP contribution is 2.16. The molecule has 0 atom stereocenters. The fourth-order valence-electron chi connectivity index (χ4n) is 1.59. The Labute approximate surface area is 71.8 Å². The van der Waals surface area contributed by atoms with Crippen LogP contribution in [0.4, 0.5) is 0 Å². The van der Waals surface area contributed by atoms with Gasteiger partial charge in [-0.3, -0.25) is 4.68 Å². The molecule has 2 heteroatoms. The zero-order chi connectivity index (χ0) is 8.55. The number of hydrogen-bond donors (Lipinski definition) is 1. The van der Waals surface area contributed by atoms with Gasteiger partial charge in [-0.1, -0.05) is 18.2 Å². The summed E-state index contributed by atoms with van der Waals surface area (Å²) in [4.78, 5) is 0. The van der Waals surface area contributed by atoms with E-state index in [1.54, 1.807) is 0 Å². The van der Waals surface area contributed by atoms with E-state index in [9.17, 15) is 0 Å². The number of para-hydroxylation sites is 1. The lowest BCUT2D eigenvalue weighted by atomic mass is 10.2. The van der Waals surface area contributed by atoms with Gasteiger partial charge in [-0.25, -0.2) is 0 Å². The molecule has 0 amide bonds. The molecule has 0 saturated heterocycles. The third-order valence-corrected chi connectivity index (χ3v) is 2.12. The van der Waals surface area contributed by atoms with E-state index in [1.807, 2.05) is 7.05 Å². The van der Waals surface area contributed by atoms with Crippen LogP contribution in [0.1, 0.15) is 5.69 Å². The minimum absolute atomic E-state index is 1.23. The molecule has 0 spiro atoms. The first-order chi connectivity index (χ1) is 5.83. The molecule has 1 heterocycles. The number of aryl methyl sites for hydroxylation is 1. The van der Waals surface area contributed by atoms with Gasteiger partial charge >= 0.3 is 0 Å². The molecular weight excluding hydrogens is 148 g/mol. The van der Waals surface area contributed by atoms with Crippen LogP contribution in [-0.4, -0.2) is 11.7 Å². The molecule has 0 unspecified atom stereocenters. The van der Waals surface area contributed by atoms with E-state index in [-0.39, 0.29) is 0 Å². The standard InChI is InChI=1S/C10H12N2/c1-8-7-9-5-3-4-6-10(9)12(8)11-2/h3-7,11H,1-2H3. The van der Waals surface area contributed by atoms with E-state index in [2.05, 4.69) is 47.4 Å². The van der Waals surface area contributed by atoms with Crippen molar-refractivity contribution >= 4 is 10.9 Å². The minimum Gasteiger partial charge on any atom is -0.329 e. The largest absolute Gasteiger partial charge is 0.329 e. The summed E-state index contributed by atoms with van der Waals surface area (Å²) in [5, 5.41) is 1.28. The Bertz CT molecular complexity index is 401. The monoisotopic (exact) mass is 160 g/mol. The number of nitrogens with zero attached hydrogens (tertiary/aromatic N) is 1. The van der Waals surface area contributed by atoms with E-state index in [0.717, 1.165) is 0 Å². The van der Waals surface area contributed by atoms with Gasteiger partial charge < -0.3 is 5.43 Å². The predicted molar refractivity (Wildman–Crippen MR) is 52.0 cm³/mol. The van der Waals surface area contributed by atoms with Crippen LogP contribution in [0.25, 0.3) is 10.9 Å².